The third-order valence-electron chi connectivity index (χ3n) is 5.52. The first kappa shape index (κ1) is 22.0. The molecule has 0 spiro atoms. The topological polar surface area (TPSA) is 62.6 Å². The zero-order valence-electron chi connectivity index (χ0n) is 17.2. The molecule has 0 saturated carbocycles. The SMILES string of the molecule is O=C(c1ccc(Br)cc1)C(C(=O)N1CCN(c2ccccc2F)CC1)n1ccccc1=O. The Kier molecular flexibility index (Phi) is 6.50. The Bertz CT molecular complexity index is 1190. The number of para-hydroxylation sites is 1. The predicted octanol–water partition coefficient (Wildman–Crippen LogP) is 3.52. The average molecular weight is 498 g/mol. The molecule has 0 aliphatic carbocycles. The molecule has 1 aliphatic rings. The zero-order chi connectivity index (χ0) is 22.7. The van der Waals surface area contributed by atoms with Gasteiger partial charge in [0, 0.05) is 48.5 Å². The Hall–Kier alpha value is -3.26. The van der Waals surface area contributed by atoms with E-state index in [2.05, 4.69) is 15.9 Å². The van der Waals surface area contributed by atoms with Gasteiger partial charge in [0.15, 0.2) is 11.8 Å². The minimum absolute atomic E-state index is 0.314. The van der Waals surface area contributed by atoms with Gasteiger partial charge in [-0.15, -0.1) is 0 Å². The molecule has 1 saturated heterocycles. The van der Waals surface area contributed by atoms with Gasteiger partial charge >= 0.3 is 0 Å². The normalized spacial score (nSPS) is 14.8. The first-order valence-corrected chi connectivity index (χ1v) is 11.0. The number of carbonyl (C=O) groups is 2. The van der Waals surface area contributed by atoms with E-state index in [9.17, 15) is 18.8 Å². The first-order valence-electron chi connectivity index (χ1n) is 10.2. The molecule has 0 radical (unpaired) electrons. The van der Waals surface area contributed by atoms with Crippen LogP contribution < -0.4 is 10.5 Å². The smallest absolute Gasteiger partial charge is 0.253 e. The lowest BCUT2D eigenvalue weighted by molar-refractivity contribution is -0.133. The van der Waals surface area contributed by atoms with E-state index in [1.54, 1.807) is 59.5 Å². The quantitative estimate of drug-likeness (QED) is 0.399. The third-order valence-corrected chi connectivity index (χ3v) is 6.05. The lowest BCUT2D eigenvalue weighted by Crippen LogP contribution is -2.52. The van der Waals surface area contributed by atoms with E-state index < -0.39 is 23.3 Å². The molecule has 2 heterocycles. The Balaban J connectivity index is 1.59. The molecule has 32 heavy (non-hydrogen) atoms. The van der Waals surface area contributed by atoms with Gasteiger partial charge in [0.05, 0.1) is 5.69 Å². The van der Waals surface area contributed by atoms with E-state index in [4.69, 9.17) is 0 Å². The Labute approximate surface area is 193 Å². The molecule has 1 aliphatic heterocycles. The number of aromatic nitrogens is 1. The van der Waals surface area contributed by atoms with E-state index in [1.807, 2.05) is 4.90 Å². The van der Waals surface area contributed by atoms with Crippen LogP contribution in [0, 0.1) is 5.82 Å². The first-order chi connectivity index (χ1) is 15.5. The van der Waals surface area contributed by atoms with Gasteiger partial charge in [0.25, 0.3) is 11.5 Å². The van der Waals surface area contributed by atoms with Gasteiger partial charge < -0.3 is 9.80 Å². The number of piperazine rings is 1. The van der Waals surface area contributed by atoms with Gasteiger partial charge in [-0.2, -0.15) is 0 Å². The second kappa shape index (κ2) is 9.48. The molecule has 4 rings (SSSR count). The minimum atomic E-state index is -1.30. The molecule has 1 fully saturated rings. The van der Waals surface area contributed by atoms with Crippen molar-refractivity contribution in [2.45, 2.75) is 6.04 Å². The van der Waals surface area contributed by atoms with E-state index in [0.717, 1.165) is 4.47 Å². The summed E-state index contributed by atoms with van der Waals surface area (Å²) in [5.74, 6) is -1.21. The molecule has 6 nitrogen and oxygen atoms in total. The van der Waals surface area contributed by atoms with Crippen molar-refractivity contribution < 1.29 is 14.0 Å². The van der Waals surface area contributed by atoms with Crippen molar-refractivity contribution in [3.8, 4) is 0 Å². The Morgan fingerprint density at radius 1 is 0.875 bits per heavy atom. The summed E-state index contributed by atoms with van der Waals surface area (Å²) in [6.45, 7) is 1.49. The maximum Gasteiger partial charge on any atom is 0.253 e. The van der Waals surface area contributed by atoms with Gasteiger partial charge in [-0.05, 0) is 30.3 Å². The third kappa shape index (κ3) is 4.50. The molecule has 0 bridgehead atoms. The predicted molar refractivity (Wildman–Crippen MR) is 123 cm³/mol. The summed E-state index contributed by atoms with van der Waals surface area (Å²) in [6.07, 6.45) is 1.46. The number of benzene rings is 2. The van der Waals surface area contributed by atoms with Crippen LogP contribution in [0.5, 0.6) is 0 Å². The van der Waals surface area contributed by atoms with Crippen molar-refractivity contribution in [1.29, 1.82) is 0 Å². The molecule has 1 aromatic heterocycles. The van der Waals surface area contributed by atoms with E-state index in [-0.39, 0.29) is 5.82 Å². The highest BCUT2D eigenvalue weighted by atomic mass is 79.9. The minimum Gasteiger partial charge on any atom is -0.366 e. The average Bonchev–Trinajstić information content (AvgIpc) is 2.81. The van der Waals surface area contributed by atoms with Gasteiger partial charge in [-0.25, -0.2) is 4.39 Å². The van der Waals surface area contributed by atoms with Crippen molar-refractivity contribution in [3.05, 3.63) is 99.1 Å². The standard InChI is InChI=1S/C24H21BrFN3O3/c25-18-10-8-17(9-11-18)23(31)22(29-12-4-3-7-21(29)30)24(32)28-15-13-27(14-16-28)20-6-2-1-5-19(20)26/h1-12,22H,13-16H2. The summed E-state index contributed by atoms with van der Waals surface area (Å²) < 4.78 is 16.1. The second-order valence-corrected chi connectivity index (χ2v) is 8.40. The fraction of sp³-hybridized carbons (Fsp3) is 0.208. The van der Waals surface area contributed by atoms with E-state index >= 15 is 0 Å². The molecular weight excluding hydrogens is 477 g/mol. The summed E-state index contributed by atoms with van der Waals surface area (Å²) in [6, 6.07) is 16.4. The number of pyridine rings is 1. The number of anilines is 1. The highest BCUT2D eigenvalue weighted by molar-refractivity contribution is 9.10. The van der Waals surface area contributed by atoms with Crippen LogP contribution >= 0.6 is 15.9 Å². The lowest BCUT2D eigenvalue weighted by atomic mass is 10.0. The number of halogens is 2. The fourth-order valence-electron chi connectivity index (χ4n) is 3.83. The summed E-state index contributed by atoms with van der Waals surface area (Å²) in [5.41, 5.74) is 0.398. The number of ketones is 1. The van der Waals surface area contributed by atoms with Crippen LogP contribution in [0.3, 0.4) is 0 Å². The number of carbonyl (C=O) groups excluding carboxylic acids is 2. The maximum absolute atomic E-state index is 14.1. The molecule has 2 aromatic carbocycles. The van der Waals surface area contributed by atoms with Crippen LogP contribution in [0.15, 0.2) is 82.2 Å². The maximum atomic E-state index is 14.1. The van der Waals surface area contributed by atoms with Crippen LogP contribution in [0.2, 0.25) is 0 Å². The molecule has 3 aromatic rings. The van der Waals surface area contributed by atoms with Crippen molar-refractivity contribution >= 4 is 33.3 Å². The highest BCUT2D eigenvalue weighted by Gasteiger charge is 2.35. The van der Waals surface area contributed by atoms with Crippen molar-refractivity contribution in [3.63, 3.8) is 0 Å². The fourth-order valence-corrected chi connectivity index (χ4v) is 4.10. The highest BCUT2D eigenvalue weighted by Crippen LogP contribution is 2.23. The van der Waals surface area contributed by atoms with Gasteiger partial charge in [0.1, 0.15) is 5.82 Å². The number of Topliss-reactive ketones (excluding diaryl/α,β-unsaturated/α-hetero) is 1. The molecule has 0 N–H and O–H groups in total. The number of nitrogens with zero attached hydrogens (tertiary/aromatic N) is 3. The van der Waals surface area contributed by atoms with E-state index in [0.29, 0.717) is 37.4 Å². The van der Waals surface area contributed by atoms with Gasteiger partial charge in [0.2, 0.25) is 0 Å². The summed E-state index contributed by atoms with van der Waals surface area (Å²) in [7, 11) is 0. The van der Waals surface area contributed by atoms with Crippen LogP contribution in [-0.4, -0.2) is 47.3 Å². The van der Waals surface area contributed by atoms with Crippen LogP contribution in [0.1, 0.15) is 16.4 Å². The monoisotopic (exact) mass is 497 g/mol. The lowest BCUT2D eigenvalue weighted by Gasteiger charge is -2.37. The van der Waals surface area contributed by atoms with Gasteiger partial charge in [-0.1, -0.05) is 46.3 Å². The number of rotatable bonds is 5. The van der Waals surface area contributed by atoms with Crippen LogP contribution in [0.4, 0.5) is 10.1 Å². The molecule has 1 amide bonds. The largest absolute Gasteiger partial charge is 0.366 e. The molecule has 1 unspecified atom stereocenters. The van der Waals surface area contributed by atoms with Gasteiger partial charge in [-0.3, -0.25) is 19.0 Å². The molecular formula is C24H21BrFN3O3. The van der Waals surface area contributed by atoms with Crippen molar-refractivity contribution in [2.24, 2.45) is 0 Å². The van der Waals surface area contributed by atoms with Crippen LogP contribution in [0.25, 0.3) is 0 Å². The number of amides is 1. The number of hydrogen-bond donors (Lipinski definition) is 0. The molecule has 8 heteroatoms. The molecule has 164 valence electrons. The van der Waals surface area contributed by atoms with E-state index in [1.165, 1.54) is 22.9 Å². The molecule has 1 atom stereocenters. The zero-order valence-corrected chi connectivity index (χ0v) is 18.7. The Morgan fingerprint density at radius 2 is 1.53 bits per heavy atom. The summed E-state index contributed by atoms with van der Waals surface area (Å²) in [5, 5.41) is 0. The Morgan fingerprint density at radius 3 is 2.19 bits per heavy atom. The number of hydrogen-bond acceptors (Lipinski definition) is 4. The summed E-state index contributed by atoms with van der Waals surface area (Å²) >= 11 is 3.34. The second-order valence-electron chi connectivity index (χ2n) is 7.48. The van der Waals surface area contributed by atoms with Crippen molar-refractivity contribution in [1.82, 2.24) is 9.47 Å². The summed E-state index contributed by atoms with van der Waals surface area (Å²) in [4.78, 5) is 42.8. The van der Waals surface area contributed by atoms with Crippen molar-refractivity contribution in [2.75, 3.05) is 31.1 Å². The van der Waals surface area contributed by atoms with Crippen LogP contribution in [-0.2, 0) is 4.79 Å².